The fraction of sp³-hybridized carbons (Fsp3) is 0.600. The molecule has 82 valence electrons. The molecule has 2 atom stereocenters. The minimum atomic E-state index is 0.314. The SMILES string of the molecule is CC1CCC(=O)CC1n1cnc(I)c1I. The number of halogens is 2. The van der Waals surface area contributed by atoms with E-state index in [2.05, 4.69) is 61.7 Å². The monoisotopic (exact) mass is 430 g/mol. The van der Waals surface area contributed by atoms with Crippen LogP contribution in [-0.4, -0.2) is 15.3 Å². The van der Waals surface area contributed by atoms with Crippen molar-refractivity contribution in [2.45, 2.75) is 32.2 Å². The number of imidazole rings is 1. The molecule has 1 fully saturated rings. The van der Waals surface area contributed by atoms with Crippen molar-refractivity contribution < 1.29 is 4.79 Å². The summed E-state index contributed by atoms with van der Waals surface area (Å²) in [5, 5.41) is 0. The molecule has 0 N–H and O–H groups in total. The number of ketones is 1. The van der Waals surface area contributed by atoms with Gasteiger partial charge in [0.2, 0.25) is 0 Å². The number of carbonyl (C=O) groups is 1. The third-order valence-electron chi connectivity index (χ3n) is 3.02. The van der Waals surface area contributed by atoms with Crippen LogP contribution in [0, 0.1) is 13.3 Å². The number of rotatable bonds is 1. The highest BCUT2D eigenvalue weighted by molar-refractivity contribution is 14.1. The van der Waals surface area contributed by atoms with Crippen LogP contribution in [0.4, 0.5) is 0 Å². The fourth-order valence-corrected chi connectivity index (χ4v) is 3.07. The molecule has 0 amide bonds. The van der Waals surface area contributed by atoms with Gasteiger partial charge in [-0.15, -0.1) is 0 Å². The topological polar surface area (TPSA) is 34.9 Å². The van der Waals surface area contributed by atoms with Gasteiger partial charge in [0.25, 0.3) is 0 Å². The Morgan fingerprint density at radius 2 is 2.27 bits per heavy atom. The van der Waals surface area contributed by atoms with E-state index in [4.69, 9.17) is 0 Å². The Morgan fingerprint density at radius 1 is 1.53 bits per heavy atom. The summed E-state index contributed by atoms with van der Waals surface area (Å²) >= 11 is 4.53. The number of aromatic nitrogens is 2. The van der Waals surface area contributed by atoms with Crippen molar-refractivity contribution in [1.29, 1.82) is 0 Å². The quantitative estimate of drug-likeness (QED) is 0.643. The molecule has 0 radical (unpaired) electrons. The van der Waals surface area contributed by atoms with Gasteiger partial charge in [-0.05, 0) is 57.5 Å². The van der Waals surface area contributed by atoms with Crippen LogP contribution < -0.4 is 0 Å². The predicted octanol–water partition coefficient (Wildman–Crippen LogP) is 3.02. The first-order valence-corrected chi connectivity index (χ1v) is 7.15. The van der Waals surface area contributed by atoms with E-state index in [1.54, 1.807) is 0 Å². The maximum Gasteiger partial charge on any atom is 0.134 e. The second-order valence-corrected chi connectivity index (χ2v) is 6.10. The average molecular weight is 430 g/mol. The lowest BCUT2D eigenvalue weighted by molar-refractivity contribution is -0.122. The number of hydrogen-bond donors (Lipinski definition) is 0. The molecule has 0 aliphatic heterocycles. The summed E-state index contributed by atoms with van der Waals surface area (Å²) in [5.74, 6) is 0.957. The lowest BCUT2D eigenvalue weighted by Crippen LogP contribution is -2.26. The third kappa shape index (κ3) is 2.37. The van der Waals surface area contributed by atoms with Gasteiger partial charge in [0.15, 0.2) is 0 Å². The van der Waals surface area contributed by atoms with E-state index in [0.29, 0.717) is 24.2 Å². The second-order valence-electron chi connectivity index (χ2n) is 4.06. The molecule has 2 unspecified atom stereocenters. The van der Waals surface area contributed by atoms with Crippen LogP contribution in [0.2, 0.25) is 0 Å². The summed E-state index contributed by atoms with van der Waals surface area (Å²) in [4.78, 5) is 15.8. The molecular weight excluding hydrogens is 418 g/mol. The zero-order valence-electron chi connectivity index (χ0n) is 8.41. The molecule has 15 heavy (non-hydrogen) atoms. The van der Waals surface area contributed by atoms with Crippen LogP contribution in [0.15, 0.2) is 6.33 Å². The van der Waals surface area contributed by atoms with E-state index in [1.165, 1.54) is 0 Å². The Balaban J connectivity index is 2.28. The van der Waals surface area contributed by atoms with Gasteiger partial charge in [-0.1, -0.05) is 6.92 Å². The van der Waals surface area contributed by atoms with Gasteiger partial charge in [0.1, 0.15) is 13.2 Å². The van der Waals surface area contributed by atoms with Crippen molar-refractivity contribution in [3.05, 3.63) is 13.7 Å². The first-order valence-electron chi connectivity index (χ1n) is 4.99. The maximum absolute atomic E-state index is 11.5. The predicted molar refractivity (Wildman–Crippen MR) is 74.7 cm³/mol. The van der Waals surface area contributed by atoms with Gasteiger partial charge in [-0.2, -0.15) is 0 Å². The van der Waals surface area contributed by atoms with Crippen molar-refractivity contribution in [3.63, 3.8) is 0 Å². The Hall–Kier alpha value is 0.340. The maximum atomic E-state index is 11.5. The molecule has 1 heterocycles. The lowest BCUT2D eigenvalue weighted by atomic mass is 9.85. The molecule has 1 aromatic heterocycles. The Labute approximate surface area is 116 Å². The smallest absolute Gasteiger partial charge is 0.134 e. The van der Waals surface area contributed by atoms with Crippen LogP contribution in [0.5, 0.6) is 0 Å². The molecule has 0 aromatic carbocycles. The number of nitrogens with zero attached hydrogens (tertiary/aromatic N) is 2. The molecular formula is C10H12I2N2O. The van der Waals surface area contributed by atoms with Crippen molar-refractivity contribution in [2.24, 2.45) is 5.92 Å². The minimum absolute atomic E-state index is 0.314. The summed E-state index contributed by atoms with van der Waals surface area (Å²) < 4.78 is 4.34. The Morgan fingerprint density at radius 3 is 2.87 bits per heavy atom. The number of Topliss-reactive ketones (excluding diaryl/α,β-unsaturated/α-hetero) is 1. The van der Waals surface area contributed by atoms with Crippen LogP contribution in [0.3, 0.4) is 0 Å². The van der Waals surface area contributed by atoms with Crippen LogP contribution >= 0.6 is 45.2 Å². The van der Waals surface area contributed by atoms with Crippen molar-refractivity contribution in [3.8, 4) is 0 Å². The molecule has 2 rings (SSSR count). The minimum Gasteiger partial charge on any atom is -0.321 e. The van der Waals surface area contributed by atoms with E-state index >= 15 is 0 Å². The van der Waals surface area contributed by atoms with Gasteiger partial charge in [-0.25, -0.2) is 4.98 Å². The highest BCUT2D eigenvalue weighted by Crippen LogP contribution is 2.33. The highest BCUT2D eigenvalue weighted by atomic mass is 127. The zero-order chi connectivity index (χ0) is 11.0. The van der Waals surface area contributed by atoms with Crippen LogP contribution in [-0.2, 0) is 4.79 Å². The van der Waals surface area contributed by atoms with E-state index < -0.39 is 0 Å². The van der Waals surface area contributed by atoms with E-state index in [1.807, 2.05) is 6.33 Å². The molecule has 1 aromatic rings. The van der Waals surface area contributed by atoms with Gasteiger partial charge in [-0.3, -0.25) is 4.79 Å². The molecule has 0 bridgehead atoms. The van der Waals surface area contributed by atoms with E-state index in [0.717, 1.165) is 20.2 Å². The molecule has 5 heteroatoms. The summed E-state index contributed by atoms with van der Waals surface area (Å²) in [6.45, 7) is 2.22. The first kappa shape index (κ1) is 11.8. The van der Waals surface area contributed by atoms with Crippen molar-refractivity contribution >= 4 is 51.0 Å². The Bertz CT molecular complexity index is 389. The lowest BCUT2D eigenvalue weighted by Gasteiger charge is -2.29. The summed E-state index contributed by atoms with van der Waals surface area (Å²) in [5.41, 5.74) is 0. The normalized spacial score (nSPS) is 27.0. The van der Waals surface area contributed by atoms with Crippen molar-refractivity contribution in [1.82, 2.24) is 9.55 Å². The number of carbonyl (C=O) groups excluding carboxylic acids is 1. The standard InChI is InChI=1S/C10H12I2N2O/c1-6-2-3-7(15)4-8(6)14-5-13-9(11)10(14)12/h5-6,8H,2-4H2,1H3. The molecule has 0 spiro atoms. The van der Waals surface area contributed by atoms with Gasteiger partial charge in [0, 0.05) is 18.9 Å². The third-order valence-corrected chi connectivity index (χ3v) is 5.91. The Kier molecular flexibility index (Phi) is 3.69. The van der Waals surface area contributed by atoms with E-state index in [9.17, 15) is 4.79 Å². The molecule has 1 aliphatic carbocycles. The van der Waals surface area contributed by atoms with Gasteiger partial charge in [0.05, 0.1) is 6.33 Å². The fourth-order valence-electron chi connectivity index (χ4n) is 2.04. The van der Waals surface area contributed by atoms with Crippen LogP contribution in [0.25, 0.3) is 0 Å². The first-order chi connectivity index (χ1) is 7.09. The molecule has 1 saturated carbocycles. The molecule has 3 nitrogen and oxygen atoms in total. The van der Waals surface area contributed by atoms with E-state index in [-0.39, 0.29) is 0 Å². The highest BCUT2D eigenvalue weighted by Gasteiger charge is 2.28. The van der Waals surface area contributed by atoms with Gasteiger partial charge >= 0.3 is 0 Å². The largest absolute Gasteiger partial charge is 0.321 e. The number of hydrogen-bond acceptors (Lipinski definition) is 2. The molecule has 0 saturated heterocycles. The molecule has 1 aliphatic rings. The summed E-state index contributed by atoms with van der Waals surface area (Å²) in [6, 6.07) is 0.314. The second kappa shape index (κ2) is 4.68. The van der Waals surface area contributed by atoms with Crippen LogP contribution in [0.1, 0.15) is 32.2 Å². The van der Waals surface area contributed by atoms with Gasteiger partial charge < -0.3 is 4.57 Å². The summed E-state index contributed by atoms with van der Waals surface area (Å²) in [7, 11) is 0. The average Bonchev–Trinajstić information content (AvgIpc) is 2.52. The summed E-state index contributed by atoms with van der Waals surface area (Å²) in [6.07, 6.45) is 4.29. The van der Waals surface area contributed by atoms with Crippen molar-refractivity contribution in [2.75, 3.05) is 0 Å². The zero-order valence-corrected chi connectivity index (χ0v) is 12.7.